The second-order valence-corrected chi connectivity index (χ2v) is 2.23. The van der Waals surface area contributed by atoms with Crippen LogP contribution >= 0.6 is 12.4 Å². The van der Waals surface area contributed by atoms with E-state index in [0.717, 1.165) is 5.69 Å². The molecule has 0 aliphatic rings. The van der Waals surface area contributed by atoms with Crippen LogP contribution < -0.4 is 11.9 Å². The molecule has 0 saturated heterocycles. The summed E-state index contributed by atoms with van der Waals surface area (Å²) in [5.74, 6) is -1.00. The smallest absolute Gasteiger partial charge is 0.320 e. The van der Waals surface area contributed by atoms with Gasteiger partial charge in [-0.25, -0.2) is 4.98 Å². The summed E-state index contributed by atoms with van der Waals surface area (Å²) in [5.41, 5.74) is 6.00. The molecule has 0 aliphatic heterocycles. The Morgan fingerprint density at radius 3 is 2.77 bits per heavy atom. The van der Waals surface area contributed by atoms with Gasteiger partial charge >= 0.3 is 5.97 Å². The Morgan fingerprint density at radius 1 is 1.77 bits per heavy atom. The van der Waals surface area contributed by atoms with Crippen LogP contribution in [0.4, 0.5) is 0 Å². The lowest BCUT2D eigenvalue weighted by molar-refractivity contribution is -0.138. The van der Waals surface area contributed by atoms with Crippen LogP contribution in [0, 0.1) is 0 Å². The highest BCUT2D eigenvalue weighted by molar-refractivity contribution is 5.85. The van der Waals surface area contributed by atoms with Crippen LogP contribution in [0.5, 0.6) is 0 Å². The second-order valence-electron chi connectivity index (χ2n) is 2.23. The van der Waals surface area contributed by atoms with Crippen molar-refractivity contribution in [3.05, 3.63) is 18.2 Å². The zero-order valence-corrected chi connectivity index (χ0v) is 7.75. The third kappa shape index (κ3) is 4.46. The molecule has 1 rings (SSSR count). The lowest BCUT2D eigenvalue weighted by Gasteiger charge is -2.02. The fourth-order valence-corrected chi connectivity index (χ4v) is 0.721. The summed E-state index contributed by atoms with van der Waals surface area (Å²) in [6.45, 7) is 0. The normalized spacial score (nSPS) is 10.8. The molecular weight excluding hydrogens is 196 g/mol. The number of H-pyrrole nitrogens is 1. The summed E-state index contributed by atoms with van der Waals surface area (Å²) in [5, 5.41) is 8.42. The van der Waals surface area contributed by atoms with Crippen LogP contribution in [0.1, 0.15) is 5.69 Å². The molecule has 0 aromatic carbocycles. The van der Waals surface area contributed by atoms with Crippen LogP contribution in [0.25, 0.3) is 0 Å². The highest BCUT2D eigenvalue weighted by Gasteiger charge is 2.11. The third-order valence-electron chi connectivity index (χ3n) is 1.31. The summed E-state index contributed by atoms with van der Waals surface area (Å²) >= 11 is 0. The maximum Gasteiger partial charge on any atom is 0.320 e. The number of nitrogens with two attached hydrogens (primary N) is 1. The Kier molecular flexibility index (Phi) is 7.11. The van der Waals surface area contributed by atoms with Crippen molar-refractivity contribution >= 4 is 18.4 Å². The molecule has 0 aliphatic carbocycles. The summed E-state index contributed by atoms with van der Waals surface area (Å²) in [7, 11) is 0. The number of carboxylic acids is 1. The Bertz CT molecular complexity index is 239. The number of rotatable bonds is 3. The van der Waals surface area contributed by atoms with Crippen LogP contribution in [-0.2, 0) is 11.2 Å². The zero-order valence-electron chi connectivity index (χ0n) is 6.93. The number of halogens is 1. The van der Waals surface area contributed by atoms with Crippen molar-refractivity contribution in [2.75, 3.05) is 0 Å². The molecule has 7 N–H and O–H groups in total. The lowest BCUT2D eigenvalue weighted by atomic mass is 10.2. The van der Waals surface area contributed by atoms with E-state index in [-0.39, 0.29) is 25.0 Å². The minimum Gasteiger partial charge on any atom is -0.480 e. The quantitative estimate of drug-likeness (QED) is 0.554. The average molecular weight is 209 g/mol. The molecule has 0 radical (unpaired) electrons. The molecule has 76 valence electrons. The van der Waals surface area contributed by atoms with Crippen LogP contribution in [0.15, 0.2) is 12.5 Å². The van der Waals surface area contributed by atoms with Crippen molar-refractivity contribution in [2.45, 2.75) is 12.5 Å². The maximum absolute atomic E-state index is 10.3. The predicted octanol–water partition coefficient (Wildman–Crippen LogP) is -0.0521. The molecule has 0 bridgehead atoms. The zero-order chi connectivity index (χ0) is 8.27. The first kappa shape index (κ1) is 14.4. The van der Waals surface area contributed by atoms with Gasteiger partial charge in [-0.15, -0.1) is 12.4 Å². The molecule has 0 amide bonds. The SMILES string of the molecule is Cl.N.N[C@@H](Cc1cnc[nH]1)C(=O)O. The highest BCUT2D eigenvalue weighted by Crippen LogP contribution is 1.95. The molecule has 1 aromatic heterocycles. The third-order valence-corrected chi connectivity index (χ3v) is 1.31. The van der Waals surface area contributed by atoms with Crippen molar-refractivity contribution in [2.24, 2.45) is 5.73 Å². The number of nitrogens with zero attached hydrogens (tertiary/aromatic N) is 1. The molecule has 1 atom stereocenters. The first-order valence-corrected chi connectivity index (χ1v) is 3.16. The summed E-state index contributed by atoms with van der Waals surface area (Å²) in [4.78, 5) is 16.8. The van der Waals surface area contributed by atoms with Gasteiger partial charge < -0.3 is 22.0 Å². The van der Waals surface area contributed by atoms with Gasteiger partial charge in [-0.2, -0.15) is 0 Å². The standard InChI is InChI=1S/C6H9N3O2.ClH.H3N/c7-5(6(10)11)1-4-2-8-3-9-4;;/h2-3,5H,1,7H2,(H,8,9)(H,10,11);1H;1H3/t5-;;/m0../s1. The molecule has 0 fully saturated rings. The Hall–Kier alpha value is -1.11. The van der Waals surface area contributed by atoms with Crippen molar-refractivity contribution in [3.8, 4) is 0 Å². The van der Waals surface area contributed by atoms with E-state index in [0.29, 0.717) is 0 Å². The molecular formula is C6H13ClN4O2. The van der Waals surface area contributed by atoms with Gasteiger partial charge in [0.1, 0.15) is 6.04 Å². The Morgan fingerprint density at radius 2 is 2.38 bits per heavy atom. The van der Waals surface area contributed by atoms with E-state index in [1.165, 1.54) is 6.33 Å². The van der Waals surface area contributed by atoms with Gasteiger partial charge in [0.25, 0.3) is 0 Å². The summed E-state index contributed by atoms with van der Waals surface area (Å²) in [6.07, 6.45) is 3.34. The summed E-state index contributed by atoms with van der Waals surface area (Å²) < 4.78 is 0. The van der Waals surface area contributed by atoms with Gasteiger partial charge in [-0.3, -0.25) is 4.79 Å². The number of nitrogens with one attached hydrogen (secondary N) is 1. The Labute approximate surface area is 81.5 Å². The van der Waals surface area contributed by atoms with Gasteiger partial charge in [-0.05, 0) is 0 Å². The average Bonchev–Trinajstić information content (AvgIpc) is 2.39. The van der Waals surface area contributed by atoms with Crippen molar-refractivity contribution in [3.63, 3.8) is 0 Å². The lowest BCUT2D eigenvalue weighted by Crippen LogP contribution is -2.32. The van der Waals surface area contributed by atoms with Gasteiger partial charge in [0.2, 0.25) is 0 Å². The largest absolute Gasteiger partial charge is 0.480 e. The molecule has 7 heteroatoms. The number of hydrogen-bond donors (Lipinski definition) is 4. The van der Waals surface area contributed by atoms with Gasteiger partial charge in [0.05, 0.1) is 6.33 Å². The highest BCUT2D eigenvalue weighted by atomic mass is 35.5. The summed E-state index contributed by atoms with van der Waals surface area (Å²) in [6, 6.07) is -0.851. The molecule has 0 saturated carbocycles. The monoisotopic (exact) mass is 208 g/mol. The molecule has 0 unspecified atom stereocenters. The topological polar surface area (TPSA) is 127 Å². The number of aliphatic carboxylic acids is 1. The van der Waals surface area contributed by atoms with Crippen molar-refractivity contribution in [1.82, 2.24) is 16.1 Å². The van der Waals surface area contributed by atoms with E-state index in [1.54, 1.807) is 6.20 Å². The van der Waals surface area contributed by atoms with E-state index < -0.39 is 12.0 Å². The number of imidazole rings is 1. The minimum atomic E-state index is -1.00. The van der Waals surface area contributed by atoms with E-state index in [1.807, 2.05) is 0 Å². The Balaban J connectivity index is 0. The number of hydrogen-bond acceptors (Lipinski definition) is 4. The minimum absolute atomic E-state index is 0. The molecule has 13 heavy (non-hydrogen) atoms. The molecule has 1 heterocycles. The number of carbonyl (C=O) groups is 1. The van der Waals surface area contributed by atoms with E-state index >= 15 is 0 Å². The van der Waals surface area contributed by atoms with Crippen LogP contribution in [0.2, 0.25) is 0 Å². The molecule has 6 nitrogen and oxygen atoms in total. The van der Waals surface area contributed by atoms with E-state index in [9.17, 15) is 4.79 Å². The van der Waals surface area contributed by atoms with E-state index in [2.05, 4.69) is 9.97 Å². The van der Waals surface area contributed by atoms with Crippen LogP contribution in [0.3, 0.4) is 0 Å². The second kappa shape index (κ2) is 6.41. The predicted molar refractivity (Wildman–Crippen MR) is 50.2 cm³/mol. The number of carboxylic acid groups (broad SMARTS) is 1. The van der Waals surface area contributed by atoms with Gasteiger partial charge in [0.15, 0.2) is 0 Å². The molecule has 0 spiro atoms. The number of aromatic nitrogens is 2. The van der Waals surface area contributed by atoms with E-state index in [4.69, 9.17) is 10.8 Å². The van der Waals surface area contributed by atoms with Crippen molar-refractivity contribution < 1.29 is 9.90 Å². The fraction of sp³-hybridized carbons (Fsp3) is 0.333. The molecule has 1 aromatic rings. The number of aromatic amines is 1. The van der Waals surface area contributed by atoms with Crippen molar-refractivity contribution in [1.29, 1.82) is 0 Å². The van der Waals surface area contributed by atoms with Crippen LogP contribution in [-0.4, -0.2) is 27.1 Å². The van der Waals surface area contributed by atoms with Gasteiger partial charge in [-0.1, -0.05) is 0 Å². The van der Waals surface area contributed by atoms with Gasteiger partial charge in [0, 0.05) is 18.3 Å². The fourth-order valence-electron chi connectivity index (χ4n) is 0.721. The first-order chi connectivity index (χ1) is 5.20. The first-order valence-electron chi connectivity index (χ1n) is 3.16. The maximum atomic E-state index is 10.3.